The Balaban J connectivity index is 1.47. The third kappa shape index (κ3) is 4.03. The maximum absolute atomic E-state index is 13.2. The van der Waals surface area contributed by atoms with E-state index in [0.29, 0.717) is 16.8 Å². The molecule has 1 aliphatic heterocycles. The Hall–Kier alpha value is -2.56. The van der Waals surface area contributed by atoms with E-state index >= 15 is 0 Å². The number of aromatic nitrogens is 2. The van der Waals surface area contributed by atoms with Crippen LogP contribution in [-0.2, 0) is 10.0 Å². The van der Waals surface area contributed by atoms with Crippen molar-refractivity contribution in [1.29, 1.82) is 0 Å². The van der Waals surface area contributed by atoms with Gasteiger partial charge in [-0.3, -0.25) is 9.89 Å². The van der Waals surface area contributed by atoms with Crippen LogP contribution in [-0.4, -0.2) is 59.9 Å². The molecule has 30 heavy (non-hydrogen) atoms. The molecule has 1 amide bonds. The molecule has 0 bridgehead atoms. The van der Waals surface area contributed by atoms with Crippen molar-refractivity contribution in [3.63, 3.8) is 0 Å². The van der Waals surface area contributed by atoms with Gasteiger partial charge < -0.3 is 4.90 Å². The summed E-state index contributed by atoms with van der Waals surface area (Å²) in [5.74, 6) is -0.613. The second kappa shape index (κ2) is 8.29. The Bertz CT molecular complexity index is 1160. The first-order valence-electron chi connectivity index (χ1n) is 9.20. The molecule has 1 N–H and O–H groups in total. The summed E-state index contributed by atoms with van der Waals surface area (Å²) in [6.07, 6.45) is 1.44. The van der Waals surface area contributed by atoms with Gasteiger partial charge in [0.15, 0.2) is 0 Å². The number of nitrogens with zero attached hydrogens (tertiary/aromatic N) is 3. The fraction of sp³-hybridized carbons (Fsp3) is 0.200. The minimum absolute atomic E-state index is 0.202. The number of piperazine rings is 1. The Morgan fingerprint density at radius 2 is 1.63 bits per heavy atom. The number of carbonyl (C=O) groups excluding carboxylic acids is 1. The number of aromatic amines is 1. The molecule has 7 nitrogen and oxygen atoms in total. The summed E-state index contributed by atoms with van der Waals surface area (Å²) in [6.45, 7) is 0.937. The Labute approximate surface area is 181 Å². The molecule has 0 unspecified atom stereocenters. The fourth-order valence-electron chi connectivity index (χ4n) is 3.34. The number of rotatable bonds is 4. The second-order valence-electron chi connectivity index (χ2n) is 6.82. The van der Waals surface area contributed by atoms with Crippen molar-refractivity contribution < 1.29 is 17.6 Å². The average Bonchev–Trinajstić information content (AvgIpc) is 3.24. The molecule has 156 valence electrons. The van der Waals surface area contributed by atoms with Gasteiger partial charge in [0.2, 0.25) is 10.0 Å². The lowest BCUT2D eigenvalue weighted by molar-refractivity contribution is 0.0698. The van der Waals surface area contributed by atoms with Crippen LogP contribution < -0.4 is 0 Å². The lowest BCUT2D eigenvalue weighted by atomic mass is 10.1. The van der Waals surface area contributed by atoms with Gasteiger partial charge >= 0.3 is 0 Å². The van der Waals surface area contributed by atoms with Gasteiger partial charge in [-0.1, -0.05) is 15.9 Å². The largest absolute Gasteiger partial charge is 0.336 e. The van der Waals surface area contributed by atoms with Crippen LogP contribution >= 0.6 is 15.9 Å². The molecule has 10 heteroatoms. The van der Waals surface area contributed by atoms with Crippen molar-refractivity contribution in [2.24, 2.45) is 0 Å². The Kier molecular flexibility index (Phi) is 5.72. The molecule has 1 aliphatic rings. The third-order valence-corrected chi connectivity index (χ3v) is 7.42. The molecule has 3 aromatic rings. The topological polar surface area (TPSA) is 86.4 Å². The van der Waals surface area contributed by atoms with Crippen LogP contribution in [0.4, 0.5) is 4.39 Å². The molecular formula is C20H18BrFN4O3S. The molecule has 0 spiro atoms. The fourth-order valence-corrected chi connectivity index (χ4v) is 5.03. The van der Waals surface area contributed by atoms with Crippen molar-refractivity contribution in [3.05, 3.63) is 70.6 Å². The molecule has 2 heterocycles. The van der Waals surface area contributed by atoms with Crippen molar-refractivity contribution in [1.82, 2.24) is 19.4 Å². The highest BCUT2D eigenvalue weighted by Crippen LogP contribution is 2.24. The summed E-state index contributed by atoms with van der Waals surface area (Å²) in [7, 11) is -3.62. The van der Waals surface area contributed by atoms with E-state index in [1.807, 2.05) is 0 Å². The molecule has 1 aromatic heterocycles. The third-order valence-electron chi connectivity index (χ3n) is 4.98. The smallest absolute Gasteiger partial charge is 0.257 e. The number of halogens is 2. The van der Waals surface area contributed by atoms with Gasteiger partial charge in [0.1, 0.15) is 5.82 Å². The zero-order chi connectivity index (χ0) is 21.3. The van der Waals surface area contributed by atoms with Crippen LogP contribution in [0.2, 0.25) is 0 Å². The quantitative estimate of drug-likeness (QED) is 0.606. The molecule has 1 fully saturated rings. The van der Waals surface area contributed by atoms with Crippen LogP contribution in [0.1, 0.15) is 10.4 Å². The number of carbonyl (C=O) groups is 1. The number of amides is 1. The second-order valence-corrected chi connectivity index (χ2v) is 9.67. The van der Waals surface area contributed by atoms with Gasteiger partial charge in [-0.25, -0.2) is 12.8 Å². The van der Waals surface area contributed by atoms with Crippen molar-refractivity contribution in [2.45, 2.75) is 4.90 Å². The van der Waals surface area contributed by atoms with E-state index in [9.17, 15) is 17.6 Å². The van der Waals surface area contributed by atoms with Crippen molar-refractivity contribution >= 4 is 31.9 Å². The van der Waals surface area contributed by atoms with E-state index < -0.39 is 10.0 Å². The summed E-state index contributed by atoms with van der Waals surface area (Å²) in [4.78, 5) is 14.8. The summed E-state index contributed by atoms with van der Waals surface area (Å²) in [5.41, 5.74) is 1.52. The van der Waals surface area contributed by atoms with Crippen LogP contribution in [0.5, 0.6) is 0 Å². The highest BCUT2D eigenvalue weighted by molar-refractivity contribution is 9.10. The number of hydrogen-bond acceptors (Lipinski definition) is 4. The van der Waals surface area contributed by atoms with Gasteiger partial charge in [-0.05, 0) is 48.5 Å². The molecule has 0 aliphatic carbocycles. The lowest BCUT2D eigenvalue weighted by Gasteiger charge is -2.34. The van der Waals surface area contributed by atoms with Crippen molar-refractivity contribution in [3.8, 4) is 11.3 Å². The van der Waals surface area contributed by atoms with Crippen LogP contribution in [0.25, 0.3) is 11.3 Å². The Morgan fingerprint density at radius 3 is 2.27 bits per heavy atom. The van der Waals surface area contributed by atoms with Crippen LogP contribution in [0.3, 0.4) is 0 Å². The molecule has 0 radical (unpaired) electrons. The summed E-state index contributed by atoms with van der Waals surface area (Å²) in [6, 6.07) is 12.2. The van der Waals surface area contributed by atoms with Crippen LogP contribution in [0.15, 0.2) is 64.1 Å². The molecule has 0 saturated carbocycles. The van der Waals surface area contributed by atoms with Gasteiger partial charge in [0.05, 0.1) is 22.3 Å². The summed E-state index contributed by atoms with van der Waals surface area (Å²) in [5, 5.41) is 6.75. The lowest BCUT2D eigenvalue weighted by Crippen LogP contribution is -2.50. The number of benzene rings is 2. The van der Waals surface area contributed by atoms with E-state index in [2.05, 4.69) is 26.1 Å². The maximum Gasteiger partial charge on any atom is 0.257 e. The minimum atomic E-state index is -3.62. The monoisotopic (exact) mass is 492 g/mol. The molecular weight excluding hydrogens is 475 g/mol. The number of hydrogen-bond donors (Lipinski definition) is 1. The van der Waals surface area contributed by atoms with E-state index in [-0.39, 0.29) is 42.8 Å². The predicted octanol–water partition coefficient (Wildman–Crippen LogP) is 3.13. The van der Waals surface area contributed by atoms with Gasteiger partial charge in [-0.15, -0.1) is 0 Å². The molecule has 1 saturated heterocycles. The van der Waals surface area contributed by atoms with E-state index in [1.165, 1.54) is 22.6 Å². The summed E-state index contributed by atoms with van der Waals surface area (Å²) >= 11 is 3.30. The number of H-pyrrole nitrogens is 1. The number of nitrogens with one attached hydrogen (secondary N) is 1. The maximum atomic E-state index is 13.2. The Morgan fingerprint density at radius 1 is 1.00 bits per heavy atom. The highest BCUT2D eigenvalue weighted by Gasteiger charge is 2.31. The predicted molar refractivity (Wildman–Crippen MR) is 113 cm³/mol. The van der Waals surface area contributed by atoms with Crippen molar-refractivity contribution in [2.75, 3.05) is 26.2 Å². The standard InChI is InChI=1S/C20H18BrFN4O3S/c21-15-3-7-17(8-4-15)30(28,29)26-11-9-25(10-12-26)20(27)18-13-23-24-19(18)14-1-5-16(22)6-2-14/h1-8,13H,9-12H2,(H,23,24). The zero-order valence-electron chi connectivity index (χ0n) is 15.8. The molecule has 4 rings (SSSR count). The SMILES string of the molecule is O=C(c1cn[nH]c1-c1ccc(F)cc1)N1CCN(S(=O)(=O)c2ccc(Br)cc2)CC1. The first-order chi connectivity index (χ1) is 14.4. The first kappa shape index (κ1) is 20.7. The highest BCUT2D eigenvalue weighted by atomic mass is 79.9. The van der Waals surface area contributed by atoms with Gasteiger partial charge in [0.25, 0.3) is 5.91 Å². The number of sulfonamides is 1. The average molecular weight is 493 g/mol. The van der Waals surface area contributed by atoms with Gasteiger partial charge in [-0.2, -0.15) is 9.40 Å². The molecule has 2 aromatic carbocycles. The minimum Gasteiger partial charge on any atom is -0.336 e. The summed E-state index contributed by atoms with van der Waals surface area (Å²) < 4.78 is 41.0. The van der Waals surface area contributed by atoms with Gasteiger partial charge in [0, 0.05) is 36.2 Å². The van der Waals surface area contributed by atoms with Crippen LogP contribution in [0, 0.1) is 5.82 Å². The molecule has 0 atom stereocenters. The van der Waals surface area contributed by atoms with E-state index in [0.717, 1.165) is 4.47 Å². The first-order valence-corrected chi connectivity index (χ1v) is 11.4. The normalized spacial score (nSPS) is 15.3. The zero-order valence-corrected chi connectivity index (χ0v) is 18.2. The van der Waals surface area contributed by atoms with E-state index in [1.54, 1.807) is 41.3 Å². The van der Waals surface area contributed by atoms with E-state index in [4.69, 9.17) is 0 Å².